The maximum Gasteiger partial charge on any atom is 0.274 e. The van der Waals surface area contributed by atoms with Gasteiger partial charge in [0.05, 0.1) is 18.8 Å². The fourth-order valence-corrected chi connectivity index (χ4v) is 3.59. The number of piperazine rings is 1. The molecule has 2 aliphatic heterocycles. The molecule has 1 fully saturated rings. The van der Waals surface area contributed by atoms with E-state index in [4.69, 9.17) is 0 Å². The summed E-state index contributed by atoms with van der Waals surface area (Å²) in [6.07, 6.45) is 1.27. The summed E-state index contributed by atoms with van der Waals surface area (Å²) in [4.78, 5) is 34.7. The Hall–Kier alpha value is -2.81. The Morgan fingerprint density at radius 3 is 2.48 bits per heavy atom. The monoisotopic (exact) mass is 372 g/mol. The molecule has 0 N–H and O–H groups in total. The van der Waals surface area contributed by atoms with Crippen molar-refractivity contribution in [3.63, 3.8) is 0 Å². The normalized spacial score (nSPS) is 17.3. The highest BCUT2D eigenvalue weighted by atomic mass is 19.1. The Bertz CT molecular complexity index is 903. The van der Waals surface area contributed by atoms with Crippen LogP contribution in [0.1, 0.15) is 32.1 Å². The molecular weight excluding hydrogens is 351 g/mol. The number of rotatable bonds is 2. The van der Waals surface area contributed by atoms with Crippen molar-refractivity contribution < 1.29 is 14.0 Å². The lowest BCUT2D eigenvalue weighted by Crippen LogP contribution is -2.47. The zero-order chi connectivity index (χ0) is 19.1. The number of likely N-dealkylation sites (N-methyl/N-ethyl adjacent to an activating group) is 1. The van der Waals surface area contributed by atoms with Gasteiger partial charge >= 0.3 is 0 Å². The number of aromatic nitrogens is 3. The number of hydrogen-bond acceptors (Lipinski definition) is 5. The van der Waals surface area contributed by atoms with Crippen LogP contribution in [0.3, 0.4) is 0 Å². The topological polar surface area (TPSA) is 74.6 Å². The van der Waals surface area contributed by atoms with Gasteiger partial charge in [0.15, 0.2) is 5.69 Å². The maximum atomic E-state index is 13.3. The lowest BCUT2D eigenvalue weighted by Gasteiger charge is -2.32. The van der Waals surface area contributed by atoms with E-state index in [9.17, 15) is 14.0 Å². The van der Waals surface area contributed by atoms with Gasteiger partial charge in [-0.1, -0.05) is 0 Å². The zero-order valence-electron chi connectivity index (χ0n) is 15.4. The third-order valence-electron chi connectivity index (χ3n) is 5.22. The number of fused-ring (bicyclic) bond motifs is 1. The first-order valence-corrected chi connectivity index (χ1v) is 8.87. The summed E-state index contributed by atoms with van der Waals surface area (Å²) in [5.41, 5.74) is 2.28. The fourth-order valence-electron chi connectivity index (χ4n) is 3.59. The highest BCUT2D eigenvalue weighted by Crippen LogP contribution is 2.28. The molecule has 0 aromatic carbocycles. The molecular formula is C18H21FN6O2. The van der Waals surface area contributed by atoms with Crippen LogP contribution < -0.4 is 0 Å². The predicted octanol–water partition coefficient (Wildman–Crippen LogP) is 0.498. The lowest BCUT2D eigenvalue weighted by atomic mass is 10.2. The third kappa shape index (κ3) is 3.18. The second kappa shape index (κ2) is 6.73. The molecule has 0 atom stereocenters. The van der Waals surface area contributed by atoms with Crippen LogP contribution in [0.15, 0.2) is 18.3 Å². The number of nitrogens with zero attached hydrogens (tertiary/aromatic N) is 6. The van der Waals surface area contributed by atoms with Gasteiger partial charge in [-0.15, -0.1) is 0 Å². The van der Waals surface area contributed by atoms with Crippen LogP contribution in [-0.2, 0) is 20.1 Å². The molecule has 2 aromatic heterocycles. The molecule has 4 heterocycles. The smallest absolute Gasteiger partial charge is 0.274 e. The van der Waals surface area contributed by atoms with Crippen molar-refractivity contribution in [3.05, 3.63) is 46.8 Å². The summed E-state index contributed by atoms with van der Waals surface area (Å²) in [6, 6.07) is 2.61. The average Bonchev–Trinajstić information content (AvgIpc) is 3.22. The molecule has 0 radical (unpaired) electrons. The minimum atomic E-state index is -0.690. The van der Waals surface area contributed by atoms with E-state index in [0.717, 1.165) is 30.4 Å². The van der Waals surface area contributed by atoms with Crippen molar-refractivity contribution in [1.82, 2.24) is 29.5 Å². The Labute approximate surface area is 156 Å². The van der Waals surface area contributed by atoms with Crippen molar-refractivity contribution in [2.24, 2.45) is 7.05 Å². The van der Waals surface area contributed by atoms with Crippen molar-refractivity contribution in [3.8, 4) is 0 Å². The number of halogens is 1. The van der Waals surface area contributed by atoms with Gasteiger partial charge in [-0.25, -0.2) is 4.98 Å². The number of amides is 2. The number of carbonyl (C=O) groups excluding carboxylic acids is 2. The largest absolute Gasteiger partial charge is 0.335 e. The number of carbonyl (C=O) groups is 2. The fraction of sp³-hybridized carbons (Fsp3) is 0.444. The van der Waals surface area contributed by atoms with E-state index in [1.54, 1.807) is 16.6 Å². The molecule has 0 unspecified atom stereocenters. The Morgan fingerprint density at radius 1 is 1.04 bits per heavy atom. The number of pyridine rings is 1. The van der Waals surface area contributed by atoms with Crippen molar-refractivity contribution in [2.75, 3.05) is 33.2 Å². The number of hydrogen-bond donors (Lipinski definition) is 0. The van der Waals surface area contributed by atoms with Crippen molar-refractivity contribution >= 4 is 11.8 Å². The zero-order valence-corrected chi connectivity index (χ0v) is 15.4. The van der Waals surface area contributed by atoms with Crippen LogP contribution in [0, 0.1) is 5.95 Å². The summed E-state index contributed by atoms with van der Waals surface area (Å²) in [5, 5.41) is 4.41. The van der Waals surface area contributed by atoms with E-state index >= 15 is 0 Å². The van der Waals surface area contributed by atoms with Crippen LogP contribution in [0.25, 0.3) is 0 Å². The molecule has 8 nitrogen and oxygen atoms in total. The highest BCUT2D eigenvalue weighted by molar-refractivity contribution is 5.96. The molecule has 2 aromatic rings. The molecule has 1 saturated heterocycles. The Kier molecular flexibility index (Phi) is 4.39. The number of aryl methyl sites for hydroxylation is 1. The quantitative estimate of drug-likeness (QED) is 0.718. The van der Waals surface area contributed by atoms with E-state index in [1.807, 2.05) is 11.9 Å². The van der Waals surface area contributed by atoms with E-state index in [1.165, 1.54) is 12.3 Å². The molecule has 27 heavy (non-hydrogen) atoms. The molecule has 2 aliphatic rings. The Morgan fingerprint density at radius 2 is 1.78 bits per heavy atom. The van der Waals surface area contributed by atoms with E-state index < -0.39 is 5.95 Å². The SMILES string of the molecule is CN1CCN(C(=O)c2nn(C)c3c2CN(C(=O)c2ccnc(F)c2)C3)CC1. The first kappa shape index (κ1) is 17.6. The maximum absolute atomic E-state index is 13.3. The minimum Gasteiger partial charge on any atom is -0.335 e. The van der Waals surface area contributed by atoms with Gasteiger partial charge in [0.1, 0.15) is 0 Å². The minimum absolute atomic E-state index is 0.0933. The van der Waals surface area contributed by atoms with E-state index in [-0.39, 0.29) is 17.4 Å². The average molecular weight is 372 g/mol. The Balaban J connectivity index is 1.55. The molecule has 0 saturated carbocycles. The molecule has 2 amide bonds. The lowest BCUT2D eigenvalue weighted by molar-refractivity contribution is 0.0650. The van der Waals surface area contributed by atoms with Gasteiger partial charge in [-0.3, -0.25) is 14.3 Å². The van der Waals surface area contributed by atoms with Gasteiger partial charge in [0.2, 0.25) is 5.95 Å². The molecule has 0 spiro atoms. The molecule has 4 rings (SSSR count). The van der Waals surface area contributed by atoms with Gasteiger partial charge in [-0.05, 0) is 13.1 Å². The first-order valence-electron chi connectivity index (χ1n) is 8.87. The summed E-state index contributed by atoms with van der Waals surface area (Å²) < 4.78 is 15.0. The summed E-state index contributed by atoms with van der Waals surface area (Å²) >= 11 is 0. The summed E-state index contributed by atoms with van der Waals surface area (Å²) in [7, 11) is 3.81. The van der Waals surface area contributed by atoms with Crippen LogP contribution in [0.4, 0.5) is 4.39 Å². The van der Waals surface area contributed by atoms with Gasteiger partial charge < -0.3 is 14.7 Å². The van der Waals surface area contributed by atoms with Crippen molar-refractivity contribution in [2.45, 2.75) is 13.1 Å². The third-order valence-corrected chi connectivity index (χ3v) is 5.22. The van der Waals surface area contributed by atoms with Gasteiger partial charge in [-0.2, -0.15) is 9.49 Å². The molecule has 0 bridgehead atoms. The van der Waals surface area contributed by atoms with Crippen molar-refractivity contribution in [1.29, 1.82) is 0 Å². The second-order valence-corrected chi connectivity index (χ2v) is 7.02. The van der Waals surface area contributed by atoms with Crippen LogP contribution in [0.5, 0.6) is 0 Å². The van der Waals surface area contributed by atoms with Gasteiger partial charge in [0, 0.05) is 56.6 Å². The second-order valence-electron chi connectivity index (χ2n) is 7.02. The highest BCUT2D eigenvalue weighted by Gasteiger charge is 2.34. The molecule has 0 aliphatic carbocycles. The molecule has 9 heteroatoms. The van der Waals surface area contributed by atoms with E-state index in [2.05, 4.69) is 15.0 Å². The van der Waals surface area contributed by atoms with Crippen LogP contribution >= 0.6 is 0 Å². The standard InChI is InChI=1S/C18H21FN6O2/c1-22-5-7-24(8-6-22)18(27)16-13-10-25(11-14(13)23(2)21-16)17(26)12-3-4-20-15(19)9-12/h3-4,9H,5-8,10-11H2,1-2H3. The van der Waals surface area contributed by atoms with E-state index in [0.29, 0.717) is 31.9 Å². The van der Waals surface area contributed by atoms with Crippen LogP contribution in [-0.4, -0.2) is 74.5 Å². The predicted molar refractivity (Wildman–Crippen MR) is 94.4 cm³/mol. The first-order chi connectivity index (χ1) is 12.9. The summed E-state index contributed by atoms with van der Waals surface area (Å²) in [6.45, 7) is 3.63. The summed E-state index contributed by atoms with van der Waals surface area (Å²) in [5.74, 6) is -1.07. The molecule has 142 valence electrons. The van der Waals surface area contributed by atoms with Gasteiger partial charge in [0.25, 0.3) is 11.8 Å². The van der Waals surface area contributed by atoms with Crippen LogP contribution in [0.2, 0.25) is 0 Å².